The molecule has 1 amide bonds. The van der Waals surface area contributed by atoms with Crippen molar-refractivity contribution in [2.24, 2.45) is 0 Å². The molecule has 0 bridgehead atoms. The van der Waals surface area contributed by atoms with E-state index in [0.717, 1.165) is 11.4 Å². The molecule has 2 rings (SSSR count). The second kappa shape index (κ2) is 6.75. The van der Waals surface area contributed by atoms with Crippen LogP contribution in [0.2, 0.25) is 0 Å². The van der Waals surface area contributed by atoms with Crippen LogP contribution >= 0.6 is 0 Å². The van der Waals surface area contributed by atoms with Crippen LogP contribution in [0.15, 0.2) is 30.3 Å². The Bertz CT molecular complexity index is 675. The molecule has 2 N–H and O–H groups in total. The molecule has 0 saturated carbocycles. The Morgan fingerprint density at radius 3 is 2.68 bits per heavy atom. The highest BCUT2D eigenvalue weighted by molar-refractivity contribution is 5.96. The Morgan fingerprint density at radius 2 is 2.09 bits per heavy atom. The molecule has 0 radical (unpaired) electrons. The number of aliphatic hydroxyl groups excluding tert-OH is 1. The van der Waals surface area contributed by atoms with E-state index in [9.17, 15) is 14.3 Å². The maximum Gasteiger partial charge on any atom is 0.253 e. The van der Waals surface area contributed by atoms with Gasteiger partial charge in [0.25, 0.3) is 5.91 Å². The molecule has 0 spiro atoms. The fourth-order valence-electron chi connectivity index (χ4n) is 2.55. The third kappa shape index (κ3) is 3.20. The fraction of sp³-hybridized carbons (Fsp3) is 0.353. The first-order chi connectivity index (χ1) is 10.5. The number of aliphatic hydroxyl groups is 1. The molecule has 0 fully saturated rings. The third-order valence-electron chi connectivity index (χ3n) is 3.79. The maximum absolute atomic E-state index is 13.4. The number of nitrogens with zero attached hydrogens (tertiary/aromatic N) is 1. The minimum atomic E-state index is -0.317. The predicted octanol–water partition coefficient (Wildman–Crippen LogP) is 2.73. The summed E-state index contributed by atoms with van der Waals surface area (Å²) in [4.78, 5) is 12.3. The molecule has 1 atom stereocenters. The van der Waals surface area contributed by atoms with Crippen LogP contribution in [-0.2, 0) is 0 Å². The van der Waals surface area contributed by atoms with Crippen LogP contribution in [0.5, 0.6) is 0 Å². The number of hydrogen-bond acceptors (Lipinski definition) is 2. The first-order valence-electron chi connectivity index (χ1n) is 7.34. The molecule has 0 aliphatic rings. The lowest BCUT2D eigenvalue weighted by atomic mass is 10.2. The number of aromatic nitrogens is 1. The summed E-state index contributed by atoms with van der Waals surface area (Å²) in [5.41, 5.74) is 2.82. The van der Waals surface area contributed by atoms with Crippen LogP contribution in [0.25, 0.3) is 5.69 Å². The highest BCUT2D eigenvalue weighted by Crippen LogP contribution is 2.21. The molecule has 1 unspecified atom stereocenters. The Balaban J connectivity index is 2.37. The minimum Gasteiger partial charge on any atom is -0.394 e. The van der Waals surface area contributed by atoms with Crippen LogP contribution in [-0.4, -0.2) is 28.2 Å². The number of rotatable bonds is 5. The Morgan fingerprint density at radius 1 is 1.36 bits per heavy atom. The van der Waals surface area contributed by atoms with E-state index < -0.39 is 0 Å². The molecule has 22 heavy (non-hydrogen) atoms. The number of benzene rings is 1. The highest BCUT2D eigenvalue weighted by Gasteiger charge is 2.18. The lowest BCUT2D eigenvalue weighted by molar-refractivity contribution is 0.0914. The number of amides is 1. The summed E-state index contributed by atoms with van der Waals surface area (Å²) in [5.74, 6) is -0.543. The molecule has 1 aromatic heterocycles. The molecule has 1 heterocycles. The van der Waals surface area contributed by atoms with Gasteiger partial charge in [0.05, 0.1) is 18.2 Å². The summed E-state index contributed by atoms with van der Waals surface area (Å²) < 4.78 is 15.3. The van der Waals surface area contributed by atoms with Gasteiger partial charge in [0.15, 0.2) is 0 Å². The first kappa shape index (κ1) is 16.2. The van der Waals surface area contributed by atoms with Crippen molar-refractivity contribution in [3.63, 3.8) is 0 Å². The van der Waals surface area contributed by atoms with Gasteiger partial charge < -0.3 is 15.0 Å². The van der Waals surface area contributed by atoms with Gasteiger partial charge in [-0.2, -0.15) is 0 Å². The van der Waals surface area contributed by atoms with Crippen LogP contribution < -0.4 is 5.32 Å². The van der Waals surface area contributed by atoms with E-state index in [1.165, 1.54) is 12.1 Å². The van der Waals surface area contributed by atoms with E-state index in [2.05, 4.69) is 5.32 Å². The van der Waals surface area contributed by atoms with Crippen LogP contribution in [0.3, 0.4) is 0 Å². The summed E-state index contributed by atoms with van der Waals surface area (Å²) >= 11 is 0. The summed E-state index contributed by atoms with van der Waals surface area (Å²) in [5, 5.41) is 12.0. The summed E-state index contributed by atoms with van der Waals surface area (Å²) in [6, 6.07) is 7.78. The third-order valence-corrected chi connectivity index (χ3v) is 3.79. The summed E-state index contributed by atoms with van der Waals surface area (Å²) in [6.07, 6.45) is 0.658. The van der Waals surface area contributed by atoms with Crippen molar-refractivity contribution < 1.29 is 14.3 Å². The van der Waals surface area contributed by atoms with Crippen LogP contribution in [0.1, 0.15) is 35.1 Å². The largest absolute Gasteiger partial charge is 0.394 e. The van der Waals surface area contributed by atoms with E-state index in [-0.39, 0.29) is 24.4 Å². The standard InChI is InChI=1S/C17H21FN2O2/c1-4-14(10-21)19-17(22)16-8-11(2)20(12(16)3)15-7-5-6-13(18)9-15/h5-9,14,21H,4,10H2,1-3H3,(H,19,22). The normalized spacial score (nSPS) is 12.2. The van der Waals surface area contributed by atoms with Gasteiger partial charge in [0, 0.05) is 17.1 Å². The van der Waals surface area contributed by atoms with Gasteiger partial charge in [-0.3, -0.25) is 4.79 Å². The van der Waals surface area contributed by atoms with E-state index >= 15 is 0 Å². The van der Waals surface area contributed by atoms with Crippen molar-refractivity contribution in [1.82, 2.24) is 9.88 Å². The summed E-state index contributed by atoms with van der Waals surface area (Å²) in [7, 11) is 0. The number of carbonyl (C=O) groups is 1. The molecule has 1 aromatic carbocycles. The average Bonchev–Trinajstić information content (AvgIpc) is 2.79. The lowest BCUT2D eigenvalue weighted by Crippen LogP contribution is -2.37. The number of halogens is 1. The molecule has 2 aromatic rings. The van der Waals surface area contributed by atoms with Gasteiger partial charge in [-0.25, -0.2) is 4.39 Å². The fourth-order valence-corrected chi connectivity index (χ4v) is 2.55. The van der Waals surface area contributed by atoms with Crippen molar-refractivity contribution in [3.8, 4) is 5.69 Å². The van der Waals surface area contributed by atoms with Crippen LogP contribution in [0.4, 0.5) is 4.39 Å². The SMILES string of the molecule is CCC(CO)NC(=O)c1cc(C)n(-c2cccc(F)c2)c1C. The Kier molecular flexibility index (Phi) is 4.98. The van der Waals surface area contributed by atoms with Crippen LogP contribution in [0, 0.1) is 19.7 Å². The van der Waals surface area contributed by atoms with E-state index in [1.807, 2.05) is 25.3 Å². The van der Waals surface area contributed by atoms with Crippen molar-refractivity contribution in [1.29, 1.82) is 0 Å². The van der Waals surface area contributed by atoms with Crippen molar-refractivity contribution in [3.05, 3.63) is 53.1 Å². The van der Waals surface area contributed by atoms with E-state index in [0.29, 0.717) is 17.7 Å². The molecule has 0 aliphatic heterocycles. The zero-order valence-electron chi connectivity index (χ0n) is 13.1. The molecule has 0 aliphatic carbocycles. The van der Waals surface area contributed by atoms with Gasteiger partial charge in [-0.15, -0.1) is 0 Å². The smallest absolute Gasteiger partial charge is 0.253 e. The zero-order valence-corrected chi connectivity index (χ0v) is 13.1. The Hall–Kier alpha value is -2.14. The average molecular weight is 304 g/mol. The van der Waals surface area contributed by atoms with Crippen molar-refractivity contribution in [2.45, 2.75) is 33.2 Å². The lowest BCUT2D eigenvalue weighted by Gasteiger charge is -2.14. The van der Waals surface area contributed by atoms with Gasteiger partial charge in [0.1, 0.15) is 5.82 Å². The van der Waals surface area contributed by atoms with Gasteiger partial charge in [-0.05, 0) is 44.5 Å². The second-order valence-electron chi connectivity index (χ2n) is 5.36. The molecule has 5 heteroatoms. The van der Waals surface area contributed by atoms with Crippen molar-refractivity contribution in [2.75, 3.05) is 6.61 Å². The molecular formula is C17H21FN2O2. The predicted molar refractivity (Wildman–Crippen MR) is 83.8 cm³/mol. The molecule has 118 valence electrons. The van der Waals surface area contributed by atoms with E-state index in [1.54, 1.807) is 18.2 Å². The molecule has 4 nitrogen and oxygen atoms in total. The Labute approximate surface area is 129 Å². The zero-order chi connectivity index (χ0) is 16.3. The number of hydrogen-bond donors (Lipinski definition) is 2. The number of carbonyl (C=O) groups excluding carboxylic acids is 1. The maximum atomic E-state index is 13.4. The van der Waals surface area contributed by atoms with Gasteiger partial charge >= 0.3 is 0 Å². The molecular weight excluding hydrogens is 283 g/mol. The van der Waals surface area contributed by atoms with Gasteiger partial charge in [0.2, 0.25) is 0 Å². The molecule has 0 saturated heterocycles. The number of aryl methyl sites for hydroxylation is 1. The quantitative estimate of drug-likeness (QED) is 0.892. The topological polar surface area (TPSA) is 54.3 Å². The minimum absolute atomic E-state index is 0.0924. The van der Waals surface area contributed by atoms with E-state index in [4.69, 9.17) is 0 Å². The van der Waals surface area contributed by atoms with Gasteiger partial charge in [-0.1, -0.05) is 13.0 Å². The second-order valence-corrected chi connectivity index (χ2v) is 5.36. The number of nitrogens with one attached hydrogen (secondary N) is 1. The van der Waals surface area contributed by atoms with Crippen molar-refractivity contribution >= 4 is 5.91 Å². The highest BCUT2D eigenvalue weighted by atomic mass is 19.1. The first-order valence-corrected chi connectivity index (χ1v) is 7.34. The monoisotopic (exact) mass is 304 g/mol. The summed E-state index contributed by atoms with van der Waals surface area (Å²) in [6.45, 7) is 5.51.